The Kier molecular flexibility index (Phi) is 13.7. The summed E-state index contributed by atoms with van der Waals surface area (Å²) in [5, 5.41) is 17.4. The molecule has 0 bridgehead atoms. The highest BCUT2D eigenvalue weighted by Crippen LogP contribution is 2.09. The second-order valence-electron chi connectivity index (χ2n) is 8.41. The number of carbonyl (C=O) groups is 4. The Morgan fingerprint density at radius 2 is 1.53 bits per heavy atom. The summed E-state index contributed by atoms with van der Waals surface area (Å²) < 4.78 is 0. The Morgan fingerprint density at radius 1 is 0.971 bits per heavy atom. The Morgan fingerprint density at radius 3 is 2.06 bits per heavy atom. The van der Waals surface area contributed by atoms with Gasteiger partial charge in [-0.3, -0.25) is 14.4 Å². The predicted octanol–water partition coefficient (Wildman–Crippen LogP) is 0.824. The van der Waals surface area contributed by atoms with Gasteiger partial charge in [0.15, 0.2) is 0 Å². The van der Waals surface area contributed by atoms with Gasteiger partial charge in [0.25, 0.3) is 0 Å². The van der Waals surface area contributed by atoms with Crippen LogP contribution in [0.25, 0.3) is 0 Å². The van der Waals surface area contributed by atoms with Gasteiger partial charge in [-0.15, -0.1) is 0 Å². The third-order valence-electron chi connectivity index (χ3n) is 5.01. The number of thiol groups is 1. The van der Waals surface area contributed by atoms with E-state index in [2.05, 4.69) is 28.6 Å². The SMILES string of the molecule is CSCCC(NC(=O)C(Cc1ccccc1)NC(=O)C(N)CS)C(=O)NC(CC(C)C)C(=O)O. The summed E-state index contributed by atoms with van der Waals surface area (Å²) in [6.45, 7) is 3.73. The number of carboxylic acids is 1. The fourth-order valence-electron chi connectivity index (χ4n) is 3.16. The molecule has 6 N–H and O–H groups in total. The highest BCUT2D eigenvalue weighted by molar-refractivity contribution is 7.98. The first-order valence-electron chi connectivity index (χ1n) is 11.1. The molecule has 3 amide bonds. The van der Waals surface area contributed by atoms with Crippen molar-refractivity contribution in [2.24, 2.45) is 11.7 Å². The van der Waals surface area contributed by atoms with E-state index in [1.807, 2.05) is 50.4 Å². The normalized spacial score (nSPS) is 14.5. The molecule has 1 aromatic rings. The first kappa shape index (κ1) is 29.8. The molecule has 0 fully saturated rings. The molecular formula is C23H36N4O5S2. The Hall–Kier alpha value is -2.24. The van der Waals surface area contributed by atoms with Crippen LogP contribution in [-0.4, -0.2) is 70.7 Å². The maximum Gasteiger partial charge on any atom is 0.326 e. The maximum absolute atomic E-state index is 13.2. The van der Waals surface area contributed by atoms with E-state index in [-0.39, 0.29) is 24.5 Å². The van der Waals surface area contributed by atoms with Crippen molar-refractivity contribution in [1.29, 1.82) is 0 Å². The van der Waals surface area contributed by atoms with Gasteiger partial charge >= 0.3 is 5.97 Å². The number of carbonyl (C=O) groups excluding carboxylic acids is 3. The first-order chi connectivity index (χ1) is 16.1. The van der Waals surface area contributed by atoms with E-state index < -0.39 is 47.9 Å². The number of rotatable bonds is 15. The smallest absolute Gasteiger partial charge is 0.326 e. The van der Waals surface area contributed by atoms with Crippen LogP contribution in [0, 0.1) is 5.92 Å². The average molecular weight is 513 g/mol. The van der Waals surface area contributed by atoms with Gasteiger partial charge in [-0.2, -0.15) is 24.4 Å². The van der Waals surface area contributed by atoms with E-state index in [0.29, 0.717) is 12.2 Å². The van der Waals surface area contributed by atoms with Crippen LogP contribution in [0.2, 0.25) is 0 Å². The van der Waals surface area contributed by atoms with E-state index in [1.165, 1.54) is 11.8 Å². The molecule has 9 nitrogen and oxygen atoms in total. The van der Waals surface area contributed by atoms with Crippen molar-refractivity contribution >= 4 is 48.1 Å². The molecule has 0 aliphatic heterocycles. The Bertz CT molecular complexity index is 810. The van der Waals surface area contributed by atoms with Crippen LogP contribution in [0.4, 0.5) is 0 Å². The number of hydrogen-bond donors (Lipinski definition) is 6. The lowest BCUT2D eigenvalue weighted by Gasteiger charge is -2.25. The van der Waals surface area contributed by atoms with E-state index >= 15 is 0 Å². The largest absolute Gasteiger partial charge is 0.480 e. The summed E-state index contributed by atoms with van der Waals surface area (Å²) in [4.78, 5) is 50.1. The van der Waals surface area contributed by atoms with Gasteiger partial charge in [0.2, 0.25) is 17.7 Å². The van der Waals surface area contributed by atoms with Crippen LogP contribution >= 0.6 is 24.4 Å². The molecule has 0 heterocycles. The maximum atomic E-state index is 13.2. The topological polar surface area (TPSA) is 151 Å². The lowest BCUT2D eigenvalue weighted by atomic mass is 10.0. The van der Waals surface area contributed by atoms with Gasteiger partial charge in [-0.25, -0.2) is 4.79 Å². The van der Waals surface area contributed by atoms with Crippen molar-refractivity contribution in [2.75, 3.05) is 17.8 Å². The van der Waals surface area contributed by atoms with Crippen LogP contribution < -0.4 is 21.7 Å². The van der Waals surface area contributed by atoms with Gasteiger partial charge in [0.1, 0.15) is 18.1 Å². The standard InChI is InChI=1S/C23H36N4O5S2/c1-14(2)11-19(23(31)32)27-21(29)17(9-10-34-3)25-22(30)18(26-20(28)16(24)13-33)12-15-7-5-4-6-8-15/h4-8,14,16-19,33H,9-13,24H2,1-3H3,(H,25,30)(H,26,28)(H,27,29)(H,31,32). The van der Waals surface area contributed by atoms with Gasteiger partial charge in [0.05, 0.1) is 6.04 Å². The summed E-state index contributed by atoms with van der Waals surface area (Å²) in [5.74, 6) is -2.06. The molecule has 0 aliphatic rings. The van der Waals surface area contributed by atoms with Gasteiger partial charge in [0, 0.05) is 12.2 Å². The molecule has 1 aromatic carbocycles. The summed E-state index contributed by atoms with van der Waals surface area (Å²) in [5.41, 5.74) is 6.57. The van der Waals surface area contributed by atoms with E-state index in [1.54, 1.807) is 0 Å². The summed E-state index contributed by atoms with van der Waals surface area (Å²) in [6.07, 6.45) is 2.63. The fraction of sp³-hybridized carbons (Fsp3) is 0.565. The molecule has 0 aliphatic carbocycles. The van der Waals surface area contributed by atoms with Crippen molar-refractivity contribution in [3.05, 3.63) is 35.9 Å². The zero-order valence-electron chi connectivity index (χ0n) is 19.8. The van der Waals surface area contributed by atoms with Crippen molar-refractivity contribution in [1.82, 2.24) is 16.0 Å². The second kappa shape index (κ2) is 15.6. The molecule has 0 aromatic heterocycles. The molecule has 34 heavy (non-hydrogen) atoms. The molecule has 0 saturated heterocycles. The Labute approximate surface area is 210 Å². The molecule has 4 atom stereocenters. The molecule has 11 heteroatoms. The number of nitrogens with two attached hydrogens (primary N) is 1. The highest BCUT2D eigenvalue weighted by Gasteiger charge is 2.30. The minimum atomic E-state index is -1.13. The molecular weight excluding hydrogens is 476 g/mol. The minimum Gasteiger partial charge on any atom is -0.480 e. The van der Waals surface area contributed by atoms with E-state index in [0.717, 1.165) is 5.56 Å². The summed E-state index contributed by atoms with van der Waals surface area (Å²) >= 11 is 5.53. The van der Waals surface area contributed by atoms with Gasteiger partial charge < -0.3 is 26.8 Å². The molecule has 190 valence electrons. The van der Waals surface area contributed by atoms with Crippen molar-refractivity contribution < 1.29 is 24.3 Å². The van der Waals surface area contributed by atoms with E-state index in [9.17, 15) is 24.3 Å². The van der Waals surface area contributed by atoms with Crippen molar-refractivity contribution in [3.63, 3.8) is 0 Å². The number of hydrogen-bond acceptors (Lipinski definition) is 7. The van der Waals surface area contributed by atoms with Crippen LogP contribution in [-0.2, 0) is 25.6 Å². The minimum absolute atomic E-state index is 0.0575. The molecule has 4 unspecified atom stereocenters. The average Bonchev–Trinajstić information content (AvgIpc) is 2.80. The number of benzene rings is 1. The summed E-state index contributed by atoms with van der Waals surface area (Å²) in [6, 6.07) is 5.25. The molecule has 0 spiro atoms. The van der Waals surface area contributed by atoms with Crippen molar-refractivity contribution in [3.8, 4) is 0 Å². The highest BCUT2D eigenvalue weighted by atomic mass is 32.2. The predicted molar refractivity (Wildman–Crippen MR) is 138 cm³/mol. The number of aliphatic carboxylic acids is 1. The van der Waals surface area contributed by atoms with Crippen LogP contribution in [0.5, 0.6) is 0 Å². The molecule has 1 rings (SSSR count). The van der Waals surface area contributed by atoms with Gasteiger partial charge in [-0.1, -0.05) is 44.2 Å². The van der Waals surface area contributed by atoms with Crippen molar-refractivity contribution in [2.45, 2.75) is 57.3 Å². The number of thioether (sulfide) groups is 1. The summed E-state index contributed by atoms with van der Waals surface area (Å²) in [7, 11) is 0. The molecule has 0 radical (unpaired) electrons. The lowest BCUT2D eigenvalue weighted by molar-refractivity contribution is -0.142. The van der Waals surface area contributed by atoms with Crippen LogP contribution in [0.3, 0.4) is 0 Å². The first-order valence-corrected chi connectivity index (χ1v) is 13.1. The van der Waals surface area contributed by atoms with Gasteiger partial charge in [-0.05, 0) is 36.3 Å². The monoisotopic (exact) mass is 512 g/mol. The lowest BCUT2D eigenvalue weighted by Crippen LogP contribution is -2.58. The number of nitrogens with one attached hydrogen (secondary N) is 3. The van der Waals surface area contributed by atoms with Crippen LogP contribution in [0.15, 0.2) is 30.3 Å². The number of carboxylic acid groups (broad SMARTS) is 1. The molecule has 0 saturated carbocycles. The third kappa shape index (κ3) is 10.8. The fourth-order valence-corrected chi connectivity index (χ4v) is 3.80. The Balaban J connectivity index is 3.04. The van der Waals surface area contributed by atoms with E-state index in [4.69, 9.17) is 5.73 Å². The second-order valence-corrected chi connectivity index (χ2v) is 9.76. The third-order valence-corrected chi connectivity index (χ3v) is 6.05. The zero-order chi connectivity index (χ0) is 25.7. The van der Waals surface area contributed by atoms with Crippen LogP contribution in [0.1, 0.15) is 32.3 Å². The number of amides is 3. The quantitative estimate of drug-likeness (QED) is 0.190. The zero-order valence-corrected chi connectivity index (χ0v) is 21.5.